The van der Waals surface area contributed by atoms with Crippen LogP contribution in [0.25, 0.3) is 0 Å². The minimum absolute atomic E-state index is 0.361. The van der Waals surface area contributed by atoms with Crippen molar-refractivity contribution < 1.29 is 33.4 Å². The molecule has 0 aromatic heterocycles. The number of hydrogen-bond donors (Lipinski definition) is 0. The second kappa shape index (κ2) is 8.80. The maximum atomic E-state index is 13.6. The fourth-order valence-electron chi connectivity index (χ4n) is 4.87. The van der Waals surface area contributed by atoms with E-state index in [2.05, 4.69) is 10.2 Å². The summed E-state index contributed by atoms with van der Waals surface area (Å²) in [5.74, 6) is -4.27. The number of aryl methyl sites for hydroxylation is 1. The number of benzene rings is 2. The third kappa shape index (κ3) is 3.89. The first-order chi connectivity index (χ1) is 17.2. The molecule has 3 aliphatic heterocycles. The molecular weight excluding hydrogens is 466 g/mol. The molecule has 0 N–H and O–H groups in total. The molecule has 2 fully saturated rings. The number of esters is 2. The van der Waals surface area contributed by atoms with E-state index in [0.29, 0.717) is 17.1 Å². The Morgan fingerprint density at radius 3 is 2.03 bits per heavy atom. The molecule has 0 aliphatic carbocycles. The number of anilines is 1. The zero-order chi connectivity index (χ0) is 25.6. The number of azo groups is 1. The topological polar surface area (TPSA) is 124 Å². The largest absolute Gasteiger partial charge is 0.422 e. The number of amides is 2. The van der Waals surface area contributed by atoms with Crippen LogP contribution in [0.15, 0.2) is 70.9 Å². The van der Waals surface area contributed by atoms with Crippen LogP contribution in [0.2, 0.25) is 0 Å². The van der Waals surface area contributed by atoms with Crippen molar-refractivity contribution in [3.8, 4) is 0 Å². The van der Waals surface area contributed by atoms with Crippen molar-refractivity contribution in [2.75, 3.05) is 4.90 Å². The van der Waals surface area contributed by atoms with Gasteiger partial charge in [0.2, 0.25) is 11.8 Å². The van der Waals surface area contributed by atoms with Gasteiger partial charge >= 0.3 is 11.9 Å². The molecule has 0 radical (unpaired) electrons. The summed E-state index contributed by atoms with van der Waals surface area (Å²) in [7, 11) is 0. The number of carbonyl (C=O) groups excluding carboxylic acids is 4. The van der Waals surface area contributed by atoms with Gasteiger partial charge in [0, 0.05) is 13.8 Å². The molecule has 0 unspecified atom stereocenters. The number of rotatable bonds is 6. The van der Waals surface area contributed by atoms with E-state index in [1.807, 2.05) is 31.2 Å². The second-order valence-electron chi connectivity index (χ2n) is 8.91. The summed E-state index contributed by atoms with van der Waals surface area (Å²) in [6, 6.07) is 14.1. The minimum atomic E-state index is -1.59. The van der Waals surface area contributed by atoms with E-state index in [1.54, 1.807) is 36.4 Å². The minimum Gasteiger partial charge on any atom is -0.422 e. The second-order valence-corrected chi connectivity index (χ2v) is 8.91. The summed E-state index contributed by atoms with van der Waals surface area (Å²) in [6.45, 7) is 4.29. The van der Waals surface area contributed by atoms with Crippen LogP contribution in [0, 0.1) is 18.8 Å². The van der Waals surface area contributed by atoms with Gasteiger partial charge in [0.15, 0.2) is 5.60 Å². The molecule has 0 spiro atoms. The Balaban J connectivity index is 1.40. The van der Waals surface area contributed by atoms with Crippen molar-refractivity contribution in [3.63, 3.8) is 0 Å². The van der Waals surface area contributed by atoms with Gasteiger partial charge in [0.1, 0.15) is 0 Å². The lowest BCUT2D eigenvalue weighted by atomic mass is 9.76. The molecule has 36 heavy (non-hydrogen) atoms. The molecule has 3 aliphatic rings. The van der Waals surface area contributed by atoms with Gasteiger partial charge in [-0.2, -0.15) is 10.2 Å². The standard InChI is InChI=1S/C26H23N3O7/c1-14-4-6-17(7-5-14)27-28-18-8-10-19(11-9-18)29-23(32)21-20-12-13-26(36-20,22(21)24(29)33)25(34-15(2)30)35-16(3)31/h4-13,20-22,25H,1-3H3/t20-,21+,22+,26+/m1/s1. The first kappa shape index (κ1) is 23.6. The summed E-state index contributed by atoms with van der Waals surface area (Å²) in [5, 5.41) is 8.40. The summed E-state index contributed by atoms with van der Waals surface area (Å²) >= 11 is 0. The van der Waals surface area contributed by atoms with Gasteiger partial charge in [-0.1, -0.05) is 23.8 Å². The lowest BCUT2D eigenvalue weighted by Gasteiger charge is -2.34. The third-order valence-electron chi connectivity index (χ3n) is 6.41. The maximum Gasteiger partial charge on any atom is 0.305 e. The summed E-state index contributed by atoms with van der Waals surface area (Å²) < 4.78 is 16.4. The molecule has 2 bridgehead atoms. The molecule has 10 nitrogen and oxygen atoms in total. The number of nitrogens with zero attached hydrogens (tertiary/aromatic N) is 3. The van der Waals surface area contributed by atoms with Crippen molar-refractivity contribution in [2.45, 2.75) is 38.8 Å². The molecule has 3 heterocycles. The van der Waals surface area contributed by atoms with Crippen molar-refractivity contribution >= 4 is 40.8 Å². The van der Waals surface area contributed by atoms with Gasteiger partial charge in [-0.3, -0.25) is 19.2 Å². The Kier molecular flexibility index (Phi) is 5.76. The van der Waals surface area contributed by atoms with E-state index in [9.17, 15) is 19.2 Å². The van der Waals surface area contributed by atoms with Gasteiger partial charge in [0.05, 0.1) is 35.0 Å². The quantitative estimate of drug-likeness (QED) is 0.199. The van der Waals surface area contributed by atoms with Crippen LogP contribution < -0.4 is 4.90 Å². The van der Waals surface area contributed by atoms with Crippen LogP contribution in [0.3, 0.4) is 0 Å². The summed E-state index contributed by atoms with van der Waals surface area (Å²) in [4.78, 5) is 51.4. The summed E-state index contributed by atoms with van der Waals surface area (Å²) in [6.07, 6.45) is 0.945. The maximum absolute atomic E-state index is 13.6. The van der Waals surface area contributed by atoms with E-state index in [0.717, 1.165) is 24.3 Å². The Morgan fingerprint density at radius 1 is 0.917 bits per heavy atom. The molecule has 0 saturated carbocycles. The van der Waals surface area contributed by atoms with Crippen molar-refractivity contribution in [1.82, 2.24) is 0 Å². The van der Waals surface area contributed by atoms with Crippen molar-refractivity contribution in [2.24, 2.45) is 22.1 Å². The molecule has 5 rings (SSSR count). The molecule has 2 saturated heterocycles. The molecular formula is C26H23N3O7. The molecule has 4 atom stereocenters. The highest BCUT2D eigenvalue weighted by molar-refractivity contribution is 6.23. The number of imide groups is 1. The molecule has 10 heteroatoms. The third-order valence-corrected chi connectivity index (χ3v) is 6.41. The number of hydrogen-bond acceptors (Lipinski definition) is 9. The van der Waals surface area contributed by atoms with Crippen LogP contribution >= 0.6 is 0 Å². The van der Waals surface area contributed by atoms with Crippen LogP contribution in [-0.2, 0) is 33.4 Å². The normalized spacial score (nSPS) is 26.2. The number of ether oxygens (including phenoxy) is 3. The lowest BCUT2D eigenvalue weighted by molar-refractivity contribution is -0.226. The van der Waals surface area contributed by atoms with E-state index < -0.39 is 53.6 Å². The molecule has 2 aromatic rings. The van der Waals surface area contributed by atoms with Crippen LogP contribution in [0.4, 0.5) is 17.1 Å². The first-order valence-electron chi connectivity index (χ1n) is 11.4. The van der Waals surface area contributed by atoms with Gasteiger partial charge in [-0.25, -0.2) is 4.90 Å². The van der Waals surface area contributed by atoms with Gasteiger partial charge in [0.25, 0.3) is 6.29 Å². The summed E-state index contributed by atoms with van der Waals surface area (Å²) in [5.41, 5.74) is 1.14. The van der Waals surface area contributed by atoms with Crippen LogP contribution in [0.5, 0.6) is 0 Å². The predicted octanol–water partition coefficient (Wildman–Crippen LogP) is 3.68. The van der Waals surface area contributed by atoms with E-state index >= 15 is 0 Å². The zero-order valence-corrected chi connectivity index (χ0v) is 19.8. The Hall–Kier alpha value is -4.18. The number of carbonyl (C=O) groups is 4. The molecule has 184 valence electrons. The predicted molar refractivity (Wildman–Crippen MR) is 125 cm³/mol. The van der Waals surface area contributed by atoms with E-state index in [4.69, 9.17) is 14.2 Å². The van der Waals surface area contributed by atoms with E-state index in [1.165, 1.54) is 0 Å². The fourth-order valence-corrected chi connectivity index (χ4v) is 4.87. The van der Waals surface area contributed by atoms with Crippen molar-refractivity contribution in [3.05, 3.63) is 66.2 Å². The van der Waals surface area contributed by atoms with Crippen LogP contribution in [0.1, 0.15) is 19.4 Å². The molecule has 2 amide bonds. The van der Waals surface area contributed by atoms with Gasteiger partial charge in [-0.15, -0.1) is 0 Å². The SMILES string of the molecule is CC(=O)OC(OC(C)=O)[C@@]12C=C[C@@H](O1)[C@@H]1C(=O)N(c3ccc(N=Nc4ccc(C)cc4)cc3)C(=O)[C@H]12. The Labute approximate surface area is 206 Å². The highest BCUT2D eigenvalue weighted by Gasteiger charge is 2.72. The highest BCUT2D eigenvalue weighted by atomic mass is 16.7. The number of fused-ring (bicyclic) bond motifs is 5. The van der Waals surface area contributed by atoms with Gasteiger partial charge in [-0.05, 0) is 49.4 Å². The lowest BCUT2D eigenvalue weighted by Crippen LogP contribution is -2.52. The monoisotopic (exact) mass is 489 g/mol. The molecule has 2 aromatic carbocycles. The zero-order valence-electron chi connectivity index (χ0n) is 19.8. The fraction of sp³-hybridized carbons (Fsp3) is 0.308. The Bertz CT molecular complexity index is 1290. The first-order valence-corrected chi connectivity index (χ1v) is 11.4. The Morgan fingerprint density at radius 2 is 1.47 bits per heavy atom. The van der Waals surface area contributed by atoms with E-state index in [-0.39, 0.29) is 0 Å². The highest BCUT2D eigenvalue weighted by Crippen LogP contribution is 2.54. The van der Waals surface area contributed by atoms with Gasteiger partial charge < -0.3 is 14.2 Å². The average Bonchev–Trinajstić information content (AvgIpc) is 3.49. The smallest absolute Gasteiger partial charge is 0.305 e. The van der Waals surface area contributed by atoms with Crippen molar-refractivity contribution in [1.29, 1.82) is 0 Å². The van der Waals surface area contributed by atoms with Crippen LogP contribution in [-0.4, -0.2) is 41.7 Å². The average molecular weight is 489 g/mol.